The summed E-state index contributed by atoms with van der Waals surface area (Å²) in [6.07, 6.45) is 1.96. The van der Waals surface area contributed by atoms with Crippen molar-refractivity contribution >= 4 is 28.9 Å². The monoisotopic (exact) mass is 308 g/mol. The van der Waals surface area contributed by atoms with E-state index < -0.39 is 6.69 Å². The molecule has 2 aromatic rings. The third kappa shape index (κ3) is 5.39. The molecule has 0 spiro atoms. The van der Waals surface area contributed by atoms with Gasteiger partial charge in [0.2, 0.25) is 0 Å². The molecule has 0 atom stereocenters. The zero-order chi connectivity index (χ0) is 13.6. The summed E-state index contributed by atoms with van der Waals surface area (Å²) in [4.78, 5) is 0. The first-order valence-corrected chi connectivity index (χ1v) is 11.1. The van der Waals surface area contributed by atoms with E-state index in [2.05, 4.69) is 48.5 Å². The average molecular weight is 309 g/mol. The van der Waals surface area contributed by atoms with Crippen LogP contribution in [0.2, 0.25) is 12.1 Å². The molecule has 0 saturated carbocycles. The molecule has 0 N–H and O–H groups in total. The van der Waals surface area contributed by atoms with E-state index in [1.165, 1.54) is 11.1 Å². The number of hydrogen-bond donors (Lipinski definition) is 0. The van der Waals surface area contributed by atoms with Gasteiger partial charge in [0, 0.05) is 0 Å². The number of hydrogen-bond acceptors (Lipinski definition) is 0. The van der Waals surface area contributed by atoms with Crippen LogP contribution in [0.3, 0.4) is 0 Å². The molecule has 100 valence electrons. The maximum Gasteiger partial charge on any atom is 0.252 e. The normalized spacial score (nSPS) is 11.5. The molecule has 0 unspecified atom stereocenters. The summed E-state index contributed by atoms with van der Waals surface area (Å²) in [5, 5.41) is 0. The van der Waals surface area contributed by atoms with Crippen LogP contribution in [-0.2, 0) is 12.8 Å². The van der Waals surface area contributed by atoms with Gasteiger partial charge in [-0.15, -0.1) is 22.2 Å². The van der Waals surface area contributed by atoms with Gasteiger partial charge in [0.25, 0.3) is 6.69 Å². The molecule has 0 nitrogen and oxygen atoms in total. The Morgan fingerprint density at radius 3 is 1.37 bits per heavy atom. The highest BCUT2D eigenvalue weighted by atomic mass is 35.7. The fraction of sp³-hybridized carbons (Fsp3) is 0.250. The van der Waals surface area contributed by atoms with Crippen LogP contribution in [0.15, 0.2) is 60.7 Å². The third-order valence-corrected chi connectivity index (χ3v) is 7.48. The molecule has 0 aliphatic carbocycles. The Balaban J connectivity index is 1.82. The quantitative estimate of drug-likeness (QED) is 0.495. The predicted octanol–water partition coefficient (Wildman–Crippen LogP) is 5.39. The average Bonchev–Trinajstić information content (AvgIpc) is 2.46. The molecule has 0 bridgehead atoms. The van der Waals surface area contributed by atoms with Crippen LogP contribution in [0.1, 0.15) is 11.1 Å². The van der Waals surface area contributed by atoms with Gasteiger partial charge in [-0.05, 0) is 36.1 Å². The summed E-state index contributed by atoms with van der Waals surface area (Å²) in [6.45, 7) is -2.12. The van der Waals surface area contributed by atoms with E-state index in [9.17, 15) is 0 Å². The van der Waals surface area contributed by atoms with Gasteiger partial charge < -0.3 is 0 Å². The first-order chi connectivity index (χ1) is 9.16. The fourth-order valence-corrected chi connectivity index (χ4v) is 4.76. The standard InChI is InChI=1S/C16H18Cl2Si/c17-19(18,13-11-15-7-3-1-4-8-15)14-12-16-9-5-2-6-10-16/h1-10H,11-14H2. The van der Waals surface area contributed by atoms with E-state index in [1.54, 1.807) is 0 Å². The van der Waals surface area contributed by atoms with Gasteiger partial charge in [0.05, 0.1) is 0 Å². The zero-order valence-corrected chi connectivity index (χ0v) is 13.4. The first kappa shape index (κ1) is 14.6. The van der Waals surface area contributed by atoms with Crippen LogP contribution in [-0.4, -0.2) is 6.69 Å². The lowest BCUT2D eigenvalue weighted by Crippen LogP contribution is -2.20. The smallest absolute Gasteiger partial charge is 0.146 e. The minimum atomic E-state index is -2.12. The largest absolute Gasteiger partial charge is 0.252 e. The zero-order valence-electron chi connectivity index (χ0n) is 10.9. The SMILES string of the molecule is Cl[Si](Cl)(CCc1ccccc1)CCc1ccccc1. The Bertz CT molecular complexity index is 437. The Kier molecular flexibility index (Phi) is 5.50. The molecule has 0 heterocycles. The van der Waals surface area contributed by atoms with Gasteiger partial charge in [-0.1, -0.05) is 60.7 Å². The van der Waals surface area contributed by atoms with E-state index in [0.29, 0.717) is 0 Å². The predicted molar refractivity (Wildman–Crippen MR) is 87.4 cm³/mol. The lowest BCUT2D eigenvalue weighted by Gasteiger charge is -2.16. The second-order valence-corrected chi connectivity index (χ2v) is 12.5. The molecule has 0 aliphatic rings. The van der Waals surface area contributed by atoms with Gasteiger partial charge in [0.15, 0.2) is 0 Å². The van der Waals surface area contributed by atoms with Gasteiger partial charge in [-0.2, -0.15) is 0 Å². The van der Waals surface area contributed by atoms with Crippen molar-refractivity contribution in [1.29, 1.82) is 0 Å². The number of rotatable bonds is 6. The molecule has 2 aromatic carbocycles. The van der Waals surface area contributed by atoms with Crippen molar-refractivity contribution in [3.63, 3.8) is 0 Å². The van der Waals surface area contributed by atoms with Crippen molar-refractivity contribution in [3.05, 3.63) is 71.8 Å². The molecule has 0 aromatic heterocycles. The van der Waals surface area contributed by atoms with Crippen molar-refractivity contribution in [2.75, 3.05) is 0 Å². The highest BCUT2D eigenvalue weighted by Crippen LogP contribution is 2.29. The summed E-state index contributed by atoms with van der Waals surface area (Å²) >= 11 is 13.1. The summed E-state index contributed by atoms with van der Waals surface area (Å²) in [5.74, 6) is 0. The van der Waals surface area contributed by atoms with Crippen LogP contribution in [0.25, 0.3) is 0 Å². The maximum absolute atomic E-state index is 6.54. The van der Waals surface area contributed by atoms with E-state index in [4.69, 9.17) is 22.2 Å². The van der Waals surface area contributed by atoms with Crippen LogP contribution in [0, 0.1) is 0 Å². The molecule has 3 heteroatoms. The Morgan fingerprint density at radius 2 is 1.00 bits per heavy atom. The van der Waals surface area contributed by atoms with E-state index in [1.807, 2.05) is 12.1 Å². The molecule has 19 heavy (non-hydrogen) atoms. The van der Waals surface area contributed by atoms with Crippen LogP contribution >= 0.6 is 22.2 Å². The minimum Gasteiger partial charge on any atom is -0.146 e. The van der Waals surface area contributed by atoms with Crippen molar-refractivity contribution in [3.8, 4) is 0 Å². The lowest BCUT2D eigenvalue weighted by molar-refractivity contribution is 1.06. The molecular formula is C16H18Cl2Si. The number of halogens is 2. The molecule has 0 saturated heterocycles. The number of aryl methyl sites for hydroxylation is 2. The van der Waals surface area contributed by atoms with E-state index in [-0.39, 0.29) is 0 Å². The lowest BCUT2D eigenvalue weighted by atomic mass is 10.2. The van der Waals surface area contributed by atoms with Crippen molar-refractivity contribution in [2.24, 2.45) is 0 Å². The fourth-order valence-electron chi connectivity index (χ4n) is 2.07. The molecule has 0 aliphatic heterocycles. The third-order valence-electron chi connectivity index (χ3n) is 3.24. The van der Waals surface area contributed by atoms with E-state index >= 15 is 0 Å². The first-order valence-electron chi connectivity index (χ1n) is 6.61. The summed E-state index contributed by atoms with van der Waals surface area (Å²) in [5.41, 5.74) is 2.64. The van der Waals surface area contributed by atoms with Crippen LogP contribution in [0.5, 0.6) is 0 Å². The highest BCUT2D eigenvalue weighted by Gasteiger charge is 2.27. The van der Waals surface area contributed by atoms with Gasteiger partial charge in [-0.25, -0.2) is 0 Å². The second-order valence-electron chi connectivity index (χ2n) is 4.83. The molecule has 0 radical (unpaired) electrons. The topological polar surface area (TPSA) is 0 Å². The van der Waals surface area contributed by atoms with Crippen LogP contribution < -0.4 is 0 Å². The second kappa shape index (κ2) is 7.13. The Hall–Kier alpha value is -0.763. The van der Waals surface area contributed by atoms with E-state index in [0.717, 1.165) is 24.9 Å². The van der Waals surface area contributed by atoms with Crippen molar-refractivity contribution < 1.29 is 0 Å². The summed E-state index contributed by atoms with van der Waals surface area (Å²) in [7, 11) is 0. The molecule has 0 fully saturated rings. The minimum absolute atomic E-state index is 0.924. The van der Waals surface area contributed by atoms with Crippen molar-refractivity contribution in [1.82, 2.24) is 0 Å². The van der Waals surface area contributed by atoms with Gasteiger partial charge in [0.1, 0.15) is 0 Å². The Morgan fingerprint density at radius 1 is 0.632 bits per heavy atom. The summed E-state index contributed by atoms with van der Waals surface area (Å²) in [6, 6.07) is 22.7. The highest BCUT2D eigenvalue weighted by molar-refractivity contribution is 7.45. The molecule has 0 amide bonds. The summed E-state index contributed by atoms with van der Waals surface area (Å²) < 4.78 is 0. The van der Waals surface area contributed by atoms with Crippen LogP contribution in [0.4, 0.5) is 0 Å². The molecule has 2 rings (SSSR count). The Labute approximate surface area is 125 Å². The van der Waals surface area contributed by atoms with Gasteiger partial charge >= 0.3 is 0 Å². The van der Waals surface area contributed by atoms with Gasteiger partial charge in [-0.3, -0.25) is 0 Å². The molecular weight excluding hydrogens is 291 g/mol. The van der Waals surface area contributed by atoms with Crippen molar-refractivity contribution in [2.45, 2.75) is 24.9 Å². The number of benzene rings is 2. The maximum atomic E-state index is 6.54.